The van der Waals surface area contributed by atoms with Gasteiger partial charge in [-0.15, -0.1) is 0 Å². The molecule has 2 aromatic rings. The van der Waals surface area contributed by atoms with Crippen LogP contribution in [0.2, 0.25) is 0 Å². The van der Waals surface area contributed by atoms with Crippen molar-refractivity contribution in [3.63, 3.8) is 0 Å². The van der Waals surface area contributed by atoms with Crippen LogP contribution in [0.25, 0.3) is 10.8 Å². The summed E-state index contributed by atoms with van der Waals surface area (Å²) in [5, 5.41) is 1.48. The molecule has 0 saturated heterocycles. The van der Waals surface area contributed by atoms with E-state index in [0.29, 0.717) is 5.69 Å². The largest absolute Gasteiger partial charge is 0.358 e. The number of aldehydes is 1. The molecule has 0 bridgehead atoms. The van der Waals surface area contributed by atoms with Crippen molar-refractivity contribution in [3.05, 3.63) is 35.9 Å². The second kappa shape index (κ2) is 2.44. The molecular weight excluding hydrogens is 157 g/mol. The molecule has 0 spiro atoms. The van der Waals surface area contributed by atoms with Crippen molar-refractivity contribution in [1.82, 2.24) is 4.98 Å². The van der Waals surface area contributed by atoms with Gasteiger partial charge in [-0.3, -0.25) is 4.79 Å². The Kier molecular flexibility index (Phi) is 1.43. The van der Waals surface area contributed by atoms with E-state index in [4.69, 9.17) is 0 Å². The van der Waals surface area contributed by atoms with Gasteiger partial charge >= 0.3 is 0 Å². The lowest BCUT2D eigenvalue weighted by Gasteiger charge is -1.89. The molecule has 12 heavy (non-hydrogen) atoms. The Balaban J connectivity index is 2.81. The molecule has 1 aromatic carbocycles. The van der Waals surface area contributed by atoms with Crippen LogP contribution in [0.1, 0.15) is 10.5 Å². The van der Waals surface area contributed by atoms with Gasteiger partial charge in [-0.05, 0) is 18.2 Å². The van der Waals surface area contributed by atoms with Gasteiger partial charge in [0.05, 0.1) is 5.69 Å². The zero-order valence-corrected chi connectivity index (χ0v) is 6.17. The highest BCUT2D eigenvalue weighted by Gasteiger charge is 2.01. The Morgan fingerprint density at radius 1 is 1.42 bits per heavy atom. The van der Waals surface area contributed by atoms with E-state index >= 15 is 0 Å². The third-order valence-corrected chi connectivity index (χ3v) is 1.80. The summed E-state index contributed by atoms with van der Waals surface area (Å²) in [5.41, 5.74) is 0.491. The van der Waals surface area contributed by atoms with Crippen LogP contribution in [0.3, 0.4) is 0 Å². The average molecular weight is 163 g/mol. The van der Waals surface area contributed by atoms with E-state index in [1.54, 1.807) is 12.3 Å². The van der Waals surface area contributed by atoms with Crippen LogP contribution in [-0.2, 0) is 0 Å². The van der Waals surface area contributed by atoms with Crippen molar-refractivity contribution in [2.75, 3.05) is 0 Å². The maximum absolute atomic E-state index is 12.6. The predicted molar refractivity (Wildman–Crippen MR) is 43.6 cm³/mol. The normalized spacial score (nSPS) is 10.4. The molecule has 0 aliphatic heterocycles. The van der Waals surface area contributed by atoms with Crippen molar-refractivity contribution in [2.24, 2.45) is 0 Å². The number of benzene rings is 1. The topological polar surface area (TPSA) is 32.9 Å². The molecule has 0 atom stereocenters. The summed E-state index contributed by atoms with van der Waals surface area (Å²) in [6.07, 6.45) is 2.34. The number of aromatic nitrogens is 1. The quantitative estimate of drug-likeness (QED) is 0.641. The van der Waals surface area contributed by atoms with Gasteiger partial charge in [-0.25, -0.2) is 4.39 Å². The summed E-state index contributed by atoms with van der Waals surface area (Å²) in [6.45, 7) is 0. The minimum absolute atomic E-state index is 0.293. The molecule has 1 aromatic heterocycles. The van der Waals surface area contributed by atoms with Crippen LogP contribution >= 0.6 is 0 Å². The Labute approximate surface area is 68.0 Å². The highest BCUT2D eigenvalue weighted by atomic mass is 19.1. The van der Waals surface area contributed by atoms with Gasteiger partial charge in [0, 0.05) is 17.0 Å². The van der Waals surface area contributed by atoms with Gasteiger partial charge in [0.25, 0.3) is 0 Å². The Hall–Kier alpha value is -1.64. The number of aromatic amines is 1. The van der Waals surface area contributed by atoms with Crippen LogP contribution in [0.15, 0.2) is 24.4 Å². The number of halogens is 1. The van der Waals surface area contributed by atoms with Crippen molar-refractivity contribution in [2.45, 2.75) is 0 Å². The fourth-order valence-electron chi connectivity index (χ4n) is 1.23. The number of carbonyl (C=O) groups is 1. The molecule has 3 heteroatoms. The maximum atomic E-state index is 12.6. The molecule has 0 aliphatic carbocycles. The summed E-state index contributed by atoms with van der Waals surface area (Å²) in [4.78, 5) is 13.2. The van der Waals surface area contributed by atoms with Crippen LogP contribution in [0.4, 0.5) is 4.39 Å². The van der Waals surface area contributed by atoms with E-state index in [1.807, 2.05) is 0 Å². The molecule has 0 fully saturated rings. The molecule has 0 unspecified atom stereocenters. The van der Waals surface area contributed by atoms with Crippen molar-refractivity contribution < 1.29 is 9.18 Å². The molecule has 2 rings (SSSR count). The summed E-state index contributed by atoms with van der Waals surface area (Å²) >= 11 is 0. The van der Waals surface area contributed by atoms with Crippen LogP contribution in [0.5, 0.6) is 0 Å². The smallest absolute Gasteiger partial charge is 0.166 e. The van der Waals surface area contributed by atoms with E-state index in [-0.39, 0.29) is 5.82 Å². The van der Waals surface area contributed by atoms with Gasteiger partial charge in [-0.1, -0.05) is 0 Å². The van der Waals surface area contributed by atoms with Gasteiger partial charge in [0.15, 0.2) is 6.29 Å². The third kappa shape index (κ3) is 0.906. The van der Waals surface area contributed by atoms with Crippen LogP contribution < -0.4 is 0 Å². The predicted octanol–water partition coefficient (Wildman–Crippen LogP) is 2.12. The zero-order valence-electron chi connectivity index (χ0n) is 6.17. The number of hydrogen-bond acceptors (Lipinski definition) is 1. The van der Waals surface area contributed by atoms with Crippen molar-refractivity contribution in [1.29, 1.82) is 0 Å². The summed E-state index contributed by atoms with van der Waals surface area (Å²) in [6, 6.07) is 4.31. The van der Waals surface area contributed by atoms with Gasteiger partial charge in [0.2, 0.25) is 0 Å². The first-order valence-electron chi connectivity index (χ1n) is 3.53. The molecule has 2 nitrogen and oxygen atoms in total. The van der Waals surface area contributed by atoms with Crippen molar-refractivity contribution in [3.8, 4) is 0 Å². The zero-order chi connectivity index (χ0) is 8.55. The first-order chi connectivity index (χ1) is 5.81. The second-order valence-corrected chi connectivity index (χ2v) is 2.55. The van der Waals surface area contributed by atoms with Crippen molar-refractivity contribution >= 4 is 17.1 Å². The molecule has 1 heterocycles. The second-order valence-electron chi connectivity index (χ2n) is 2.55. The highest BCUT2D eigenvalue weighted by Crippen LogP contribution is 2.17. The fourth-order valence-corrected chi connectivity index (χ4v) is 1.23. The summed E-state index contributed by atoms with van der Waals surface area (Å²) in [7, 11) is 0. The van der Waals surface area contributed by atoms with Gasteiger partial charge in [0.1, 0.15) is 5.82 Å². The minimum atomic E-state index is -0.293. The van der Waals surface area contributed by atoms with Crippen LogP contribution in [0, 0.1) is 5.82 Å². The van der Waals surface area contributed by atoms with E-state index in [9.17, 15) is 9.18 Å². The van der Waals surface area contributed by atoms with E-state index in [2.05, 4.69) is 4.98 Å². The Morgan fingerprint density at radius 3 is 3.00 bits per heavy atom. The Bertz CT molecular complexity index is 433. The first kappa shape index (κ1) is 7.03. The highest BCUT2D eigenvalue weighted by molar-refractivity contribution is 5.97. The fraction of sp³-hybridized carbons (Fsp3) is 0. The van der Waals surface area contributed by atoms with Gasteiger partial charge < -0.3 is 4.98 Å². The molecule has 0 aliphatic rings. The third-order valence-electron chi connectivity index (χ3n) is 1.80. The maximum Gasteiger partial charge on any atom is 0.166 e. The van der Waals surface area contributed by atoms with E-state index in [1.165, 1.54) is 12.1 Å². The summed E-state index contributed by atoms with van der Waals surface area (Å²) < 4.78 is 12.6. The molecule has 60 valence electrons. The lowest BCUT2D eigenvalue weighted by Crippen LogP contribution is -1.78. The average Bonchev–Trinajstić information content (AvgIpc) is 2.46. The number of H-pyrrole nitrogens is 1. The molecule has 0 saturated carbocycles. The first-order valence-corrected chi connectivity index (χ1v) is 3.53. The molecule has 0 amide bonds. The lowest BCUT2D eigenvalue weighted by molar-refractivity contribution is 0.112. The number of rotatable bonds is 1. The monoisotopic (exact) mass is 163 g/mol. The van der Waals surface area contributed by atoms with E-state index in [0.717, 1.165) is 17.1 Å². The number of carbonyl (C=O) groups excluding carboxylic acids is 1. The summed E-state index contributed by atoms with van der Waals surface area (Å²) in [5.74, 6) is -0.293. The number of hydrogen-bond donors (Lipinski definition) is 1. The van der Waals surface area contributed by atoms with Gasteiger partial charge in [-0.2, -0.15) is 0 Å². The SMILES string of the molecule is O=Cc1[nH]cc2cc(F)ccc12. The number of nitrogens with one attached hydrogen (secondary N) is 1. The van der Waals surface area contributed by atoms with Crippen LogP contribution in [-0.4, -0.2) is 11.3 Å². The lowest BCUT2D eigenvalue weighted by atomic mass is 10.2. The standard InChI is InChI=1S/C9H6FNO/c10-7-1-2-8-6(3-7)4-11-9(8)5-12/h1-5,11H. The molecule has 1 N–H and O–H groups in total. The minimum Gasteiger partial charge on any atom is -0.358 e. The number of fused-ring (bicyclic) bond motifs is 1. The Morgan fingerprint density at radius 2 is 2.25 bits per heavy atom. The molecule has 0 radical (unpaired) electrons. The molecular formula is C9H6FNO. The van der Waals surface area contributed by atoms with E-state index < -0.39 is 0 Å².